The number of anilines is 1. The van der Waals surface area contributed by atoms with E-state index in [2.05, 4.69) is 16.0 Å². The number of hydrogen-bond acceptors (Lipinski definition) is 4. The third-order valence-corrected chi connectivity index (χ3v) is 6.35. The molecule has 0 heterocycles. The Morgan fingerprint density at radius 3 is 2.10 bits per heavy atom. The molecule has 0 spiro atoms. The van der Waals surface area contributed by atoms with Crippen LogP contribution in [-0.4, -0.2) is 31.4 Å². The van der Waals surface area contributed by atoms with Gasteiger partial charge in [0.1, 0.15) is 12.6 Å². The summed E-state index contributed by atoms with van der Waals surface area (Å²) in [6.45, 7) is -0.00803. The molecule has 4 aromatic rings. The van der Waals surface area contributed by atoms with Gasteiger partial charge in [0.05, 0.1) is 5.56 Å². The van der Waals surface area contributed by atoms with Gasteiger partial charge in [-0.3, -0.25) is 14.4 Å². The maximum absolute atomic E-state index is 13.1. The molecule has 1 unspecified atom stereocenters. The molecule has 3 amide bonds. The lowest BCUT2D eigenvalue weighted by Gasteiger charge is -2.19. The van der Waals surface area contributed by atoms with E-state index >= 15 is 0 Å². The summed E-state index contributed by atoms with van der Waals surface area (Å²) in [7, 11) is 1.39. The van der Waals surface area contributed by atoms with E-state index in [-0.39, 0.29) is 13.2 Å². The standard InChI is InChI=1S/C32H28F3N3O4/c1-42-20-28(39)38-29(23-7-3-2-4-8-23)31(41)36-19-21-11-17-25(18-12-21)37-30(40)27-10-6-5-9-26(27)22-13-15-24(16-14-22)32(33,34)35/h2-18,29H,19-20H2,1H3,(H,36,41)(H,37,40)(H,38,39). The predicted octanol–water partition coefficient (Wildman–Crippen LogP) is 5.74. The summed E-state index contributed by atoms with van der Waals surface area (Å²) in [5.74, 6) is -1.26. The molecule has 0 saturated carbocycles. The number of methoxy groups -OCH3 is 1. The minimum absolute atomic E-state index is 0.174. The molecule has 4 aromatic carbocycles. The number of rotatable bonds is 10. The third-order valence-electron chi connectivity index (χ3n) is 6.35. The van der Waals surface area contributed by atoms with Crippen LogP contribution in [0.5, 0.6) is 0 Å². The summed E-state index contributed by atoms with van der Waals surface area (Å²) in [4.78, 5) is 38.1. The van der Waals surface area contributed by atoms with Crippen molar-refractivity contribution in [2.45, 2.75) is 18.8 Å². The first-order valence-corrected chi connectivity index (χ1v) is 12.9. The lowest BCUT2D eigenvalue weighted by Crippen LogP contribution is -2.41. The SMILES string of the molecule is COCC(=O)NC(C(=O)NCc1ccc(NC(=O)c2ccccc2-c2ccc(C(F)(F)F)cc2)cc1)c1ccccc1. The Kier molecular flexibility index (Phi) is 9.72. The smallest absolute Gasteiger partial charge is 0.375 e. The van der Waals surface area contributed by atoms with Crippen LogP contribution >= 0.6 is 0 Å². The van der Waals surface area contributed by atoms with Crippen LogP contribution in [-0.2, 0) is 27.0 Å². The van der Waals surface area contributed by atoms with Gasteiger partial charge in [0.25, 0.3) is 5.91 Å². The molecule has 0 aliphatic heterocycles. The zero-order chi connectivity index (χ0) is 30.1. The van der Waals surface area contributed by atoms with Crippen molar-refractivity contribution in [3.8, 4) is 11.1 Å². The number of nitrogens with one attached hydrogen (secondary N) is 3. The minimum Gasteiger partial charge on any atom is -0.375 e. The third kappa shape index (κ3) is 7.82. The minimum atomic E-state index is -4.45. The van der Waals surface area contributed by atoms with E-state index in [1.807, 2.05) is 6.07 Å². The average Bonchev–Trinajstić information content (AvgIpc) is 2.99. The van der Waals surface area contributed by atoms with E-state index in [1.54, 1.807) is 72.8 Å². The highest BCUT2D eigenvalue weighted by atomic mass is 19.4. The summed E-state index contributed by atoms with van der Waals surface area (Å²) in [6, 6.07) is 26.0. The molecule has 42 heavy (non-hydrogen) atoms. The number of benzene rings is 4. The fourth-order valence-corrected chi connectivity index (χ4v) is 4.25. The van der Waals surface area contributed by atoms with Crippen LogP contribution in [0.1, 0.15) is 33.1 Å². The van der Waals surface area contributed by atoms with E-state index in [4.69, 9.17) is 4.74 Å². The molecule has 7 nitrogen and oxygen atoms in total. The Bertz CT molecular complexity index is 1520. The second-order valence-corrected chi connectivity index (χ2v) is 9.33. The number of hydrogen-bond donors (Lipinski definition) is 3. The molecule has 0 radical (unpaired) electrons. The molecule has 10 heteroatoms. The molecular formula is C32H28F3N3O4. The Hall–Kier alpha value is -4.96. The predicted molar refractivity (Wildman–Crippen MR) is 152 cm³/mol. The van der Waals surface area contributed by atoms with Crippen LogP contribution in [0, 0.1) is 0 Å². The van der Waals surface area contributed by atoms with Crippen molar-refractivity contribution in [3.05, 3.63) is 125 Å². The molecule has 0 aliphatic carbocycles. The molecule has 216 valence electrons. The summed E-state index contributed by atoms with van der Waals surface area (Å²) >= 11 is 0. The zero-order valence-corrected chi connectivity index (χ0v) is 22.6. The van der Waals surface area contributed by atoms with Crippen molar-refractivity contribution in [2.24, 2.45) is 0 Å². The normalized spacial score (nSPS) is 11.8. The lowest BCUT2D eigenvalue weighted by molar-refractivity contribution is -0.137. The molecule has 0 bridgehead atoms. The van der Waals surface area contributed by atoms with Gasteiger partial charge in [-0.25, -0.2) is 0 Å². The van der Waals surface area contributed by atoms with Gasteiger partial charge in [-0.1, -0.05) is 72.8 Å². The Balaban J connectivity index is 1.40. The van der Waals surface area contributed by atoms with Gasteiger partial charge in [-0.05, 0) is 52.6 Å². The summed E-state index contributed by atoms with van der Waals surface area (Å²) < 4.78 is 43.7. The van der Waals surface area contributed by atoms with E-state index in [1.165, 1.54) is 19.2 Å². The van der Waals surface area contributed by atoms with Crippen LogP contribution < -0.4 is 16.0 Å². The van der Waals surface area contributed by atoms with Crippen molar-refractivity contribution in [1.82, 2.24) is 10.6 Å². The molecule has 0 aromatic heterocycles. The van der Waals surface area contributed by atoms with Gasteiger partial charge in [0, 0.05) is 24.9 Å². The van der Waals surface area contributed by atoms with Crippen molar-refractivity contribution in [2.75, 3.05) is 19.0 Å². The number of carbonyl (C=O) groups excluding carboxylic acids is 3. The molecule has 3 N–H and O–H groups in total. The Labute approximate surface area is 240 Å². The van der Waals surface area contributed by atoms with Crippen molar-refractivity contribution in [1.29, 1.82) is 0 Å². The van der Waals surface area contributed by atoms with Gasteiger partial charge >= 0.3 is 6.18 Å². The van der Waals surface area contributed by atoms with Crippen molar-refractivity contribution in [3.63, 3.8) is 0 Å². The molecule has 4 rings (SSSR count). The fraction of sp³-hybridized carbons (Fsp3) is 0.156. The number of carbonyl (C=O) groups is 3. The summed E-state index contributed by atoms with van der Waals surface area (Å²) in [5, 5.41) is 8.29. The van der Waals surface area contributed by atoms with E-state index in [9.17, 15) is 27.6 Å². The highest BCUT2D eigenvalue weighted by molar-refractivity contribution is 6.08. The van der Waals surface area contributed by atoms with E-state index in [0.717, 1.165) is 17.7 Å². The van der Waals surface area contributed by atoms with Gasteiger partial charge in [-0.15, -0.1) is 0 Å². The molecule has 0 fully saturated rings. The van der Waals surface area contributed by atoms with Gasteiger partial charge in [0.2, 0.25) is 11.8 Å². The molecule has 0 aliphatic rings. The van der Waals surface area contributed by atoms with Crippen LogP contribution in [0.15, 0.2) is 103 Å². The lowest BCUT2D eigenvalue weighted by atomic mass is 9.98. The average molecular weight is 576 g/mol. The summed E-state index contributed by atoms with van der Waals surface area (Å²) in [6.07, 6.45) is -4.45. The fourth-order valence-electron chi connectivity index (χ4n) is 4.25. The maximum atomic E-state index is 13.1. The van der Waals surface area contributed by atoms with Crippen LogP contribution in [0.25, 0.3) is 11.1 Å². The largest absolute Gasteiger partial charge is 0.416 e. The number of ether oxygens (including phenoxy) is 1. The first-order chi connectivity index (χ1) is 20.2. The number of halogens is 3. The first-order valence-electron chi connectivity index (χ1n) is 12.9. The van der Waals surface area contributed by atoms with Crippen LogP contribution in [0.4, 0.5) is 18.9 Å². The van der Waals surface area contributed by atoms with Crippen molar-refractivity contribution < 1.29 is 32.3 Å². The Morgan fingerprint density at radius 2 is 1.45 bits per heavy atom. The van der Waals surface area contributed by atoms with E-state index < -0.39 is 35.5 Å². The molecule has 0 saturated heterocycles. The van der Waals surface area contributed by atoms with E-state index in [0.29, 0.717) is 27.9 Å². The maximum Gasteiger partial charge on any atom is 0.416 e. The van der Waals surface area contributed by atoms with Crippen molar-refractivity contribution >= 4 is 23.4 Å². The molecule has 1 atom stereocenters. The second kappa shape index (κ2) is 13.6. The zero-order valence-electron chi connectivity index (χ0n) is 22.6. The second-order valence-electron chi connectivity index (χ2n) is 9.33. The summed E-state index contributed by atoms with van der Waals surface area (Å²) in [5.41, 5.74) is 2.37. The highest BCUT2D eigenvalue weighted by Gasteiger charge is 2.30. The topological polar surface area (TPSA) is 96.5 Å². The highest BCUT2D eigenvalue weighted by Crippen LogP contribution is 2.32. The Morgan fingerprint density at radius 1 is 0.810 bits per heavy atom. The number of alkyl halides is 3. The van der Waals surface area contributed by atoms with Gasteiger partial charge in [-0.2, -0.15) is 13.2 Å². The van der Waals surface area contributed by atoms with Gasteiger partial charge in [0.15, 0.2) is 0 Å². The monoisotopic (exact) mass is 575 g/mol. The molecular weight excluding hydrogens is 547 g/mol. The van der Waals surface area contributed by atoms with Crippen LogP contribution in [0.2, 0.25) is 0 Å². The number of amides is 3. The quantitative estimate of drug-likeness (QED) is 0.225. The first kappa shape index (κ1) is 30.0. The van der Waals surface area contributed by atoms with Gasteiger partial charge < -0.3 is 20.7 Å². The van der Waals surface area contributed by atoms with Crippen LogP contribution in [0.3, 0.4) is 0 Å².